The van der Waals surface area contributed by atoms with Crippen molar-refractivity contribution in [2.45, 2.75) is 40.2 Å². The first-order valence-corrected chi connectivity index (χ1v) is 6.57. The molecule has 0 radical (unpaired) electrons. The second kappa shape index (κ2) is 5.02. The Balaban J connectivity index is 2.59. The summed E-state index contributed by atoms with van der Waals surface area (Å²) in [5.74, 6) is 1.25. The lowest BCUT2D eigenvalue weighted by Gasteiger charge is -2.10. The zero-order valence-corrected chi connectivity index (χ0v) is 12.0. The molecule has 0 spiro atoms. The highest BCUT2D eigenvalue weighted by Gasteiger charge is 2.11. The molecule has 0 atom stereocenters. The summed E-state index contributed by atoms with van der Waals surface area (Å²) in [6, 6.07) is 0. The first-order valence-electron chi connectivity index (χ1n) is 6.16. The van der Waals surface area contributed by atoms with Crippen LogP contribution in [0.15, 0.2) is 12.4 Å². The number of aromatic nitrogens is 4. The molecule has 96 valence electrons. The van der Waals surface area contributed by atoms with E-state index in [-0.39, 0.29) is 0 Å². The summed E-state index contributed by atoms with van der Waals surface area (Å²) >= 11 is 5.32. The summed E-state index contributed by atoms with van der Waals surface area (Å²) in [4.78, 5) is 7.79. The Morgan fingerprint density at radius 3 is 2.72 bits per heavy atom. The summed E-state index contributed by atoms with van der Waals surface area (Å²) in [5, 5.41) is 4.30. The van der Waals surface area contributed by atoms with Gasteiger partial charge in [-0.2, -0.15) is 5.10 Å². The maximum atomic E-state index is 5.32. The third kappa shape index (κ3) is 2.36. The second-order valence-electron chi connectivity index (χ2n) is 4.67. The molecule has 0 aromatic carbocycles. The van der Waals surface area contributed by atoms with Gasteiger partial charge in [-0.15, -0.1) is 0 Å². The molecule has 5 heteroatoms. The molecule has 18 heavy (non-hydrogen) atoms. The van der Waals surface area contributed by atoms with E-state index in [0.29, 0.717) is 10.6 Å². The molecule has 0 bridgehead atoms. The normalized spacial score (nSPS) is 11.2. The Labute approximate surface area is 112 Å². The van der Waals surface area contributed by atoms with Crippen molar-refractivity contribution in [3.05, 3.63) is 28.4 Å². The summed E-state index contributed by atoms with van der Waals surface area (Å²) in [7, 11) is 0. The highest BCUT2D eigenvalue weighted by molar-refractivity contribution is 7.71. The largest absolute Gasteiger partial charge is 0.343 e. The van der Waals surface area contributed by atoms with Crippen LogP contribution >= 0.6 is 12.2 Å². The lowest BCUT2D eigenvalue weighted by atomic mass is 10.1. The van der Waals surface area contributed by atoms with E-state index in [1.54, 1.807) is 0 Å². The van der Waals surface area contributed by atoms with Gasteiger partial charge in [0.1, 0.15) is 10.5 Å². The van der Waals surface area contributed by atoms with Gasteiger partial charge in [0.2, 0.25) is 0 Å². The summed E-state index contributed by atoms with van der Waals surface area (Å²) < 4.78 is 2.57. The topological polar surface area (TPSA) is 46.5 Å². The molecular weight excluding hydrogens is 244 g/mol. The van der Waals surface area contributed by atoms with Gasteiger partial charge in [0.25, 0.3) is 0 Å². The Hall–Kier alpha value is -1.49. The molecule has 2 aromatic rings. The minimum Gasteiger partial charge on any atom is -0.343 e. The fourth-order valence-corrected chi connectivity index (χ4v) is 1.98. The standard InChI is InChI=1S/C13H18N4S/c1-5-17-7-10(6-14-17)11-9(4)13(18)16-12(15-11)8(2)3/h6-8H,5H2,1-4H3,(H,15,16,18). The average molecular weight is 262 g/mol. The van der Waals surface area contributed by atoms with Gasteiger partial charge in [0, 0.05) is 29.8 Å². The zero-order chi connectivity index (χ0) is 13.3. The maximum absolute atomic E-state index is 5.32. The lowest BCUT2D eigenvalue weighted by molar-refractivity contribution is 0.660. The Bertz CT molecular complexity index is 610. The Kier molecular flexibility index (Phi) is 3.61. The van der Waals surface area contributed by atoms with Gasteiger partial charge in [-0.1, -0.05) is 26.1 Å². The van der Waals surface area contributed by atoms with Gasteiger partial charge in [-0.25, -0.2) is 4.98 Å². The van der Waals surface area contributed by atoms with Crippen molar-refractivity contribution >= 4 is 12.2 Å². The highest BCUT2D eigenvalue weighted by atomic mass is 32.1. The summed E-state index contributed by atoms with van der Waals surface area (Å²) in [6.45, 7) is 9.12. The molecule has 2 rings (SSSR count). The first kappa shape index (κ1) is 13.0. The van der Waals surface area contributed by atoms with Crippen molar-refractivity contribution in [2.75, 3.05) is 0 Å². The minimum absolute atomic E-state index is 0.326. The van der Waals surface area contributed by atoms with E-state index in [2.05, 4.69) is 35.8 Å². The van der Waals surface area contributed by atoms with E-state index >= 15 is 0 Å². The third-order valence-corrected chi connectivity index (χ3v) is 3.36. The van der Waals surface area contributed by atoms with Crippen LogP contribution in [0.3, 0.4) is 0 Å². The molecule has 0 saturated heterocycles. The van der Waals surface area contributed by atoms with Crippen molar-refractivity contribution in [1.29, 1.82) is 0 Å². The Morgan fingerprint density at radius 2 is 2.17 bits per heavy atom. The predicted molar refractivity (Wildman–Crippen MR) is 75.1 cm³/mol. The van der Waals surface area contributed by atoms with Crippen LogP contribution < -0.4 is 0 Å². The molecule has 2 heterocycles. The molecule has 0 aliphatic carbocycles. The van der Waals surface area contributed by atoms with E-state index in [9.17, 15) is 0 Å². The molecular formula is C13H18N4S. The number of rotatable bonds is 3. The number of hydrogen-bond donors (Lipinski definition) is 1. The van der Waals surface area contributed by atoms with Gasteiger partial charge in [-0.05, 0) is 13.8 Å². The Morgan fingerprint density at radius 1 is 1.44 bits per heavy atom. The van der Waals surface area contributed by atoms with Crippen LogP contribution in [-0.2, 0) is 6.54 Å². The maximum Gasteiger partial charge on any atom is 0.133 e. The van der Waals surface area contributed by atoms with Crippen LogP contribution in [-0.4, -0.2) is 19.7 Å². The van der Waals surface area contributed by atoms with E-state index in [4.69, 9.17) is 12.2 Å². The predicted octanol–water partition coefficient (Wildman–Crippen LogP) is 3.45. The van der Waals surface area contributed by atoms with Crippen LogP contribution in [0.5, 0.6) is 0 Å². The van der Waals surface area contributed by atoms with Crippen molar-refractivity contribution in [2.24, 2.45) is 0 Å². The second-order valence-corrected chi connectivity index (χ2v) is 5.05. The molecule has 0 aliphatic rings. The molecule has 2 aromatic heterocycles. The summed E-state index contributed by atoms with van der Waals surface area (Å²) in [5.41, 5.74) is 3.09. The van der Waals surface area contributed by atoms with Crippen molar-refractivity contribution < 1.29 is 0 Å². The molecule has 0 unspecified atom stereocenters. The number of aryl methyl sites for hydroxylation is 1. The first-order chi connectivity index (χ1) is 8.52. The molecule has 4 nitrogen and oxygen atoms in total. The van der Waals surface area contributed by atoms with Crippen LogP contribution in [0.25, 0.3) is 11.3 Å². The van der Waals surface area contributed by atoms with E-state index in [0.717, 1.165) is 29.2 Å². The van der Waals surface area contributed by atoms with Gasteiger partial charge < -0.3 is 4.98 Å². The molecule has 0 saturated carbocycles. The quantitative estimate of drug-likeness (QED) is 0.862. The van der Waals surface area contributed by atoms with Gasteiger partial charge in [0.05, 0.1) is 11.9 Å². The number of hydrogen-bond acceptors (Lipinski definition) is 3. The van der Waals surface area contributed by atoms with E-state index < -0.39 is 0 Å². The molecule has 0 fully saturated rings. The monoisotopic (exact) mass is 262 g/mol. The van der Waals surface area contributed by atoms with Crippen LogP contribution in [0, 0.1) is 11.6 Å². The third-order valence-electron chi connectivity index (χ3n) is 2.96. The lowest BCUT2D eigenvalue weighted by Crippen LogP contribution is -2.02. The van der Waals surface area contributed by atoms with Crippen molar-refractivity contribution in [3.8, 4) is 11.3 Å². The molecule has 1 N–H and O–H groups in total. The number of nitrogens with zero attached hydrogens (tertiary/aromatic N) is 3. The highest BCUT2D eigenvalue weighted by Crippen LogP contribution is 2.23. The van der Waals surface area contributed by atoms with Gasteiger partial charge in [0.15, 0.2) is 0 Å². The SMILES string of the molecule is CCn1cc(-c2[nH]c(C(C)C)nc(=S)c2C)cn1. The van der Waals surface area contributed by atoms with Gasteiger partial charge >= 0.3 is 0 Å². The van der Waals surface area contributed by atoms with Crippen LogP contribution in [0.4, 0.5) is 0 Å². The zero-order valence-electron chi connectivity index (χ0n) is 11.2. The van der Waals surface area contributed by atoms with E-state index in [1.807, 2.05) is 24.0 Å². The minimum atomic E-state index is 0.326. The smallest absolute Gasteiger partial charge is 0.133 e. The van der Waals surface area contributed by atoms with Crippen LogP contribution in [0.2, 0.25) is 0 Å². The number of aromatic amines is 1. The fourth-order valence-electron chi connectivity index (χ4n) is 1.78. The fraction of sp³-hybridized carbons (Fsp3) is 0.462. The molecule has 0 amide bonds. The summed E-state index contributed by atoms with van der Waals surface area (Å²) in [6.07, 6.45) is 3.89. The average Bonchev–Trinajstić information content (AvgIpc) is 2.80. The van der Waals surface area contributed by atoms with Gasteiger partial charge in [-0.3, -0.25) is 4.68 Å². The van der Waals surface area contributed by atoms with Crippen molar-refractivity contribution in [3.63, 3.8) is 0 Å². The van der Waals surface area contributed by atoms with Crippen LogP contribution in [0.1, 0.15) is 38.1 Å². The number of nitrogens with one attached hydrogen (secondary N) is 1. The van der Waals surface area contributed by atoms with E-state index in [1.165, 1.54) is 0 Å². The van der Waals surface area contributed by atoms with Crippen molar-refractivity contribution in [1.82, 2.24) is 19.7 Å². The molecule has 0 aliphatic heterocycles. The number of H-pyrrole nitrogens is 1.